The lowest BCUT2D eigenvalue weighted by molar-refractivity contribution is -0.384. The van der Waals surface area contributed by atoms with Gasteiger partial charge < -0.3 is 5.73 Å². The fraction of sp³-hybridized carbons (Fsp3) is 0.143. The first-order valence-electron chi connectivity index (χ1n) is 3.29. The molecule has 5 heteroatoms. The number of non-ortho nitro benzene ring substituents is 1. The number of nitro benzene ring substituents is 1. The van der Waals surface area contributed by atoms with Gasteiger partial charge in [-0.15, -0.1) is 0 Å². The van der Waals surface area contributed by atoms with Crippen molar-refractivity contribution < 1.29 is 4.92 Å². The summed E-state index contributed by atoms with van der Waals surface area (Å²) in [5.41, 5.74) is 6.75. The second kappa shape index (κ2) is 3.44. The van der Waals surface area contributed by atoms with Crippen molar-refractivity contribution in [3.05, 3.63) is 33.9 Å². The molecule has 0 spiro atoms. The lowest BCUT2D eigenvalue weighted by Gasteiger charge is -2.00. The van der Waals surface area contributed by atoms with Gasteiger partial charge in [0, 0.05) is 23.6 Å². The molecule has 0 heterocycles. The van der Waals surface area contributed by atoms with Gasteiger partial charge in [0.15, 0.2) is 0 Å². The zero-order chi connectivity index (χ0) is 9.14. The van der Waals surface area contributed by atoms with Gasteiger partial charge in [0.1, 0.15) is 0 Å². The van der Waals surface area contributed by atoms with E-state index in [1.807, 2.05) is 0 Å². The standard InChI is InChI=1S/C7H8N2O2S/c8-7-3-6(9(10)11)2-1-5(7)4-12/h1-3,12H,4,8H2. The van der Waals surface area contributed by atoms with Gasteiger partial charge in [-0.1, -0.05) is 0 Å². The molecule has 0 aliphatic heterocycles. The SMILES string of the molecule is Nc1cc([N+](=O)[O-])ccc1CS. The van der Waals surface area contributed by atoms with Crippen LogP contribution in [0.3, 0.4) is 0 Å². The van der Waals surface area contributed by atoms with E-state index in [2.05, 4.69) is 12.6 Å². The van der Waals surface area contributed by atoms with Crippen LogP contribution in [0.1, 0.15) is 5.56 Å². The average Bonchev–Trinajstić information content (AvgIpc) is 2.04. The fourth-order valence-corrected chi connectivity index (χ4v) is 1.13. The average molecular weight is 184 g/mol. The molecule has 4 nitrogen and oxygen atoms in total. The van der Waals surface area contributed by atoms with Crippen LogP contribution in [-0.4, -0.2) is 4.92 Å². The summed E-state index contributed by atoms with van der Waals surface area (Å²) in [5, 5.41) is 10.3. The number of hydrogen-bond acceptors (Lipinski definition) is 4. The smallest absolute Gasteiger partial charge is 0.271 e. The van der Waals surface area contributed by atoms with Crippen LogP contribution >= 0.6 is 12.6 Å². The van der Waals surface area contributed by atoms with Gasteiger partial charge in [0.05, 0.1) is 4.92 Å². The van der Waals surface area contributed by atoms with Gasteiger partial charge in [-0.2, -0.15) is 12.6 Å². The van der Waals surface area contributed by atoms with Crippen molar-refractivity contribution in [1.82, 2.24) is 0 Å². The second-order valence-electron chi connectivity index (χ2n) is 2.30. The van der Waals surface area contributed by atoms with Gasteiger partial charge in [0.25, 0.3) is 5.69 Å². The Morgan fingerprint density at radius 2 is 2.25 bits per heavy atom. The van der Waals surface area contributed by atoms with E-state index in [1.165, 1.54) is 12.1 Å². The van der Waals surface area contributed by atoms with Gasteiger partial charge >= 0.3 is 0 Å². The highest BCUT2D eigenvalue weighted by Crippen LogP contribution is 2.20. The molecule has 1 aromatic rings. The van der Waals surface area contributed by atoms with Crippen LogP contribution in [0.2, 0.25) is 0 Å². The predicted molar refractivity (Wildman–Crippen MR) is 50.2 cm³/mol. The van der Waals surface area contributed by atoms with E-state index >= 15 is 0 Å². The molecule has 2 N–H and O–H groups in total. The van der Waals surface area contributed by atoms with Crippen molar-refractivity contribution in [2.45, 2.75) is 5.75 Å². The van der Waals surface area contributed by atoms with Crippen molar-refractivity contribution in [2.24, 2.45) is 0 Å². The van der Waals surface area contributed by atoms with E-state index in [9.17, 15) is 10.1 Å². The number of benzene rings is 1. The number of anilines is 1. The largest absolute Gasteiger partial charge is 0.398 e. The van der Waals surface area contributed by atoms with Crippen LogP contribution in [0.25, 0.3) is 0 Å². The Labute approximate surface area is 74.9 Å². The minimum Gasteiger partial charge on any atom is -0.398 e. The van der Waals surface area contributed by atoms with Crippen molar-refractivity contribution in [2.75, 3.05) is 5.73 Å². The van der Waals surface area contributed by atoms with Gasteiger partial charge in [-0.25, -0.2) is 0 Å². The van der Waals surface area contributed by atoms with E-state index in [-0.39, 0.29) is 5.69 Å². The van der Waals surface area contributed by atoms with Crippen LogP contribution in [-0.2, 0) is 5.75 Å². The first-order chi connectivity index (χ1) is 5.65. The maximum atomic E-state index is 10.3. The van der Waals surface area contributed by atoms with Crippen LogP contribution in [0, 0.1) is 10.1 Å². The van der Waals surface area contributed by atoms with Crippen molar-refractivity contribution >= 4 is 24.0 Å². The molecule has 0 atom stereocenters. The monoisotopic (exact) mass is 184 g/mol. The highest BCUT2D eigenvalue weighted by molar-refractivity contribution is 7.79. The Morgan fingerprint density at radius 1 is 1.58 bits per heavy atom. The Hall–Kier alpha value is -1.23. The quantitative estimate of drug-likeness (QED) is 0.317. The molecule has 0 aliphatic carbocycles. The molecular formula is C7H8N2O2S. The zero-order valence-electron chi connectivity index (χ0n) is 6.23. The summed E-state index contributed by atoms with van der Waals surface area (Å²) in [6, 6.07) is 4.37. The minimum atomic E-state index is -0.474. The second-order valence-corrected chi connectivity index (χ2v) is 2.61. The first kappa shape index (κ1) is 8.86. The third-order valence-corrected chi connectivity index (χ3v) is 1.85. The lowest BCUT2D eigenvalue weighted by Crippen LogP contribution is -1.94. The minimum absolute atomic E-state index is 0.0121. The molecule has 0 amide bonds. The molecule has 0 aliphatic rings. The number of nitro groups is 1. The highest BCUT2D eigenvalue weighted by Gasteiger charge is 2.06. The Balaban J connectivity index is 3.10. The number of nitrogens with zero attached hydrogens (tertiary/aromatic N) is 1. The zero-order valence-corrected chi connectivity index (χ0v) is 7.12. The first-order valence-corrected chi connectivity index (χ1v) is 3.92. The molecule has 0 saturated carbocycles. The summed E-state index contributed by atoms with van der Waals surface area (Å²) >= 11 is 4.02. The lowest BCUT2D eigenvalue weighted by atomic mass is 10.2. The van der Waals surface area contributed by atoms with E-state index in [1.54, 1.807) is 6.07 Å². The fourth-order valence-electron chi connectivity index (χ4n) is 0.840. The van der Waals surface area contributed by atoms with Crippen molar-refractivity contribution in [3.63, 3.8) is 0 Å². The van der Waals surface area contributed by atoms with E-state index < -0.39 is 4.92 Å². The van der Waals surface area contributed by atoms with Crippen molar-refractivity contribution in [1.29, 1.82) is 0 Å². The summed E-state index contributed by atoms with van der Waals surface area (Å²) in [6.07, 6.45) is 0. The Kier molecular flexibility index (Phi) is 2.54. The summed E-state index contributed by atoms with van der Waals surface area (Å²) in [5.74, 6) is 0.490. The third-order valence-electron chi connectivity index (χ3n) is 1.51. The van der Waals surface area contributed by atoms with Crippen LogP contribution in [0.15, 0.2) is 18.2 Å². The molecule has 0 unspecified atom stereocenters. The van der Waals surface area contributed by atoms with Crippen LogP contribution < -0.4 is 5.73 Å². The Bertz CT molecular complexity index is 314. The van der Waals surface area contributed by atoms with Crippen molar-refractivity contribution in [3.8, 4) is 0 Å². The summed E-state index contributed by atoms with van der Waals surface area (Å²) in [4.78, 5) is 9.81. The molecule has 0 bridgehead atoms. The molecule has 0 radical (unpaired) electrons. The number of rotatable bonds is 2. The predicted octanol–water partition coefficient (Wildman–Crippen LogP) is 1.61. The molecule has 0 saturated heterocycles. The molecule has 64 valence electrons. The molecule has 1 aromatic carbocycles. The molecule has 1 rings (SSSR count). The number of thiol groups is 1. The summed E-state index contributed by atoms with van der Waals surface area (Å²) < 4.78 is 0. The third kappa shape index (κ3) is 1.68. The van der Waals surface area contributed by atoms with Gasteiger partial charge in [0.2, 0.25) is 0 Å². The maximum absolute atomic E-state index is 10.3. The van der Waals surface area contributed by atoms with E-state index in [0.717, 1.165) is 5.56 Å². The summed E-state index contributed by atoms with van der Waals surface area (Å²) in [6.45, 7) is 0. The highest BCUT2D eigenvalue weighted by atomic mass is 32.1. The number of hydrogen-bond donors (Lipinski definition) is 2. The van der Waals surface area contributed by atoms with E-state index in [4.69, 9.17) is 5.73 Å². The number of nitrogen functional groups attached to an aromatic ring is 1. The van der Waals surface area contributed by atoms with Crippen LogP contribution in [0.5, 0.6) is 0 Å². The molecule has 0 aromatic heterocycles. The van der Waals surface area contributed by atoms with Gasteiger partial charge in [-0.3, -0.25) is 10.1 Å². The molecular weight excluding hydrogens is 176 g/mol. The molecule has 12 heavy (non-hydrogen) atoms. The summed E-state index contributed by atoms with van der Waals surface area (Å²) in [7, 11) is 0. The van der Waals surface area contributed by atoms with E-state index in [0.29, 0.717) is 11.4 Å². The number of nitrogens with two attached hydrogens (primary N) is 1. The maximum Gasteiger partial charge on any atom is 0.271 e. The molecule has 0 fully saturated rings. The topological polar surface area (TPSA) is 69.2 Å². The van der Waals surface area contributed by atoms with Crippen LogP contribution in [0.4, 0.5) is 11.4 Å². The van der Waals surface area contributed by atoms with Gasteiger partial charge in [-0.05, 0) is 11.6 Å². The Morgan fingerprint density at radius 3 is 2.67 bits per heavy atom. The normalized spacial score (nSPS) is 9.75.